The summed E-state index contributed by atoms with van der Waals surface area (Å²) in [4.78, 5) is 17.0. The molecule has 11 heteroatoms. The van der Waals surface area contributed by atoms with Gasteiger partial charge in [-0.1, -0.05) is 6.07 Å². The van der Waals surface area contributed by atoms with E-state index in [1.807, 2.05) is 22.8 Å². The number of nitrogen functional groups attached to an aromatic ring is 1. The van der Waals surface area contributed by atoms with Gasteiger partial charge >= 0.3 is 0 Å². The van der Waals surface area contributed by atoms with E-state index < -0.39 is 15.6 Å². The topological polar surface area (TPSA) is 149 Å². The van der Waals surface area contributed by atoms with Crippen LogP contribution in [-0.2, 0) is 20.4 Å². The number of aromatic nitrogens is 3. The summed E-state index contributed by atoms with van der Waals surface area (Å²) in [6, 6.07) is 7.26. The van der Waals surface area contributed by atoms with Gasteiger partial charge in [0, 0.05) is 22.8 Å². The van der Waals surface area contributed by atoms with Crippen molar-refractivity contribution in [2.45, 2.75) is 57.5 Å². The van der Waals surface area contributed by atoms with Gasteiger partial charge in [0.1, 0.15) is 4.90 Å². The van der Waals surface area contributed by atoms with Crippen molar-refractivity contribution in [3.05, 3.63) is 30.5 Å². The number of anilines is 1. The second kappa shape index (κ2) is 9.36. The van der Waals surface area contributed by atoms with Crippen molar-refractivity contribution in [2.24, 2.45) is 0 Å². The number of sulfonamides is 1. The maximum atomic E-state index is 13.0. The Hall–Kier alpha value is -3.18. The molecule has 0 saturated heterocycles. The van der Waals surface area contributed by atoms with Gasteiger partial charge in [-0.2, -0.15) is 0 Å². The Balaban J connectivity index is 0.00000122. The number of ether oxygens (including phenoxy) is 1. The quantitative estimate of drug-likeness (QED) is 0.485. The van der Waals surface area contributed by atoms with Crippen LogP contribution >= 0.6 is 0 Å². The van der Waals surface area contributed by atoms with E-state index >= 15 is 0 Å². The van der Waals surface area contributed by atoms with Crippen LogP contribution in [0.1, 0.15) is 41.5 Å². The molecule has 0 atom stereocenters. The Morgan fingerprint density at radius 1 is 1.12 bits per heavy atom. The van der Waals surface area contributed by atoms with Crippen molar-refractivity contribution in [1.29, 1.82) is 0 Å². The molecule has 4 N–H and O–H groups in total. The summed E-state index contributed by atoms with van der Waals surface area (Å²) in [6.07, 6.45) is 1.59. The molecule has 2 aromatic heterocycles. The zero-order valence-electron chi connectivity index (χ0n) is 19.9. The number of carboxylic acid groups (broad SMARTS) is 1. The predicted molar refractivity (Wildman–Crippen MR) is 128 cm³/mol. The first-order chi connectivity index (χ1) is 15.1. The number of carbonyl (C=O) groups is 1. The van der Waals surface area contributed by atoms with Gasteiger partial charge < -0.3 is 20.1 Å². The number of imidazole rings is 1. The summed E-state index contributed by atoms with van der Waals surface area (Å²) >= 11 is 0. The highest BCUT2D eigenvalue weighted by atomic mass is 32.2. The van der Waals surface area contributed by atoms with Gasteiger partial charge in [-0.3, -0.25) is 4.79 Å². The van der Waals surface area contributed by atoms with Crippen LogP contribution in [0.5, 0.6) is 5.88 Å². The van der Waals surface area contributed by atoms with Crippen LogP contribution in [0.4, 0.5) is 5.95 Å². The van der Waals surface area contributed by atoms with E-state index in [2.05, 4.69) is 35.5 Å². The highest BCUT2D eigenvalue weighted by Gasteiger charge is 2.27. The molecule has 0 fully saturated rings. The Bertz CT molecular complexity index is 1250. The molecule has 0 radical (unpaired) electrons. The summed E-state index contributed by atoms with van der Waals surface area (Å²) in [5, 5.41) is 6.89. The summed E-state index contributed by atoms with van der Waals surface area (Å²) in [7, 11) is -2.44. The van der Waals surface area contributed by atoms with Crippen LogP contribution < -0.4 is 15.2 Å². The third-order valence-corrected chi connectivity index (χ3v) is 6.18. The summed E-state index contributed by atoms with van der Waals surface area (Å²) in [5.74, 6) is 0.473. The van der Waals surface area contributed by atoms with Crippen LogP contribution in [0.15, 0.2) is 35.4 Å². The fraction of sp³-hybridized carbons (Fsp3) is 0.409. The fourth-order valence-electron chi connectivity index (χ4n) is 3.37. The first-order valence-electron chi connectivity index (χ1n) is 10.1. The van der Waals surface area contributed by atoms with Gasteiger partial charge in [0.2, 0.25) is 21.9 Å². The van der Waals surface area contributed by atoms with Crippen molar-refractivity contribution in [3.8, 4) is 17.0 Å². The van der Waals surface area contributed by atoms with Gasteiger partial charge in [-0.05, 0) is 65.3 Å². The lowest BCUT2D eigenvalue weighted by atomic mass is 10.1. The Morgan fingerprint density at radius 2 is 1.73 bits per heavy atom. The number of rotatable bonds is 4. The maximum Gasteiger partial charge on any atom is 0.290 e. The molecule has 180 valence electrons. The molecule has 0 spiro atoms. The van der Waals surface area contributed by atoms with Gasteiger partial charge in [-0.15, -0.1) is 0 Å². The zero-order valence-corrected chi connectivity index (χ0v) is 20.7. The standard InChI is InChI=1S/C21H29N5O3S.CH2O2/c1-20(2,3)25-30(27,28)17-11-14(12-23-18(17)29-7)13-8-9-15-16(10-13)26(19(22)24-15)21(4,5)6;2-1-3/h8-12,25H,1-7H3,(H2,22,24);1H,(H,2,3). The number of benzene rings is 1. The zero-order chi connectivity index (χ0) is 25.2. The first kappa shape index (κ1) is 26.1. The van der Waals surface area contributed by atoms with Crippen LogP contribution in [0.3, 0.4) is 0 Å². The molecule has 0 unspecified atom stereocenters. The molecular weight excluding hydrogens is 446 g/mol. The minimum Gasteiger partial charge on any atom is -0.483 e. The third-order valence-electron chi connectivity index (χ3n) is 4.43. The van der Waals surface area contributed by atoms with Gasteiger partial charge in [0.15, 0.2) is 0 Å². The molecule has 0 aliphatic carbocycles. The fourth-order valence-corrected chi connectivity index (χ4v) is 4.94. The average Bonchev–Trinajstić information content (AvgIpc) is 3.01. The number of methoxy groups -OCH3 is 1. The van der Waals surface area contributed by atoms with E-state index in [1.54, 1.807) is 33.0 Å². The smallest absolute Gasteiger partial charge is 0.290 e. The normalized spacial score (nSPS) is 12.2. The van der Waals surface area contributed by atoms with Crippen LogP contribution in [0, 0.1) is 0 Å². The van der Waals surface area contributed by atoms with Crippen LogP contribution in [-0.4, -0.2) is 47.2 Å². The number of nitrogens with two attached hydrogens (primary N) is 1. The molecule has 33 heavy (non-hydrogen) atoms. The van der Waals surface area contributed by atoms with E-state index in [9.17, 15) is 8.42 Å². The molecule has 0 aliphatic rings. The van der Waals surface area contributed by atoms with Gasteiger partial charge in [0.25, 0.3) is 6.47 Å². The van der Waals surface area contributed by atoms with Crippen LogP contribution in [0.2, 0.25) is 0 Å². The third kappa shape index (κ3) is 5.99. The van der Waals surface area contributed by atoms with E-state index in [4.69, 9.17) is 20.4 Å². The minimum atomic E-state index is -3.84. The molecule has 0 saturated carbocycles. The molecular formula is C22H31N5O5S. The highest BCUT2D eigenvalue weighted by molar-refractivity contribution is 7.89. The largest absolute Gasteiger partial charge is 0.483 e. The Morgan fingerprint density at radius 3 is 2.24 bits per heavy atom. The monoisotopic (exact) mass is 477 g/mol. The Labute approximate surface area is 193 Å². The highest BCUT2D eigenvalue weighted by Crippen LogP contribution is 2.32. The van der Waals surface area contributed by atoms with Crippen molar-refractivity contribution < 1.29 is 23.1 Å². The second-order valence-corrected chi connectivity index (χ2v) is 11.0. The van der Waals surface area contributed by atoms with Crippen molar-refractivity contribution in [1.82, 2.24) is 19.3 Å². The van der Waals surface area contributed by atoms with E-state index in [-0.39, 0.29) is 22.8 Å². The van der Waals surface area contributed by atoms with E-state index in [1.165, 1.54) is 7.11 Å². The molecule has 1 aromatic carbocycles. The van der Waals surface area contributed by atoms with Crippen LogP contribution in [0.25, 0.3) is 22.2 Å². The lowest BCUT2D eigenvalue weighted by Gasteiger charge is -2.23. The summed E-state index contributed by atoms with van der Waals surface area (Å²) in [5.41, 5.74) is 8.32. The molecule has 10 nitrogen and oxygen atoms in total. The molecule has 3 rings (SSSR count). The summed E-state index contributed by atoms with van der Waals surface area (Å²) < 4.78 is 35.7. The predicted octanol–water partition coefficient (Wildman–Crippen LogP) is 3.22. The maximum absolute atomic E-state index is 13.0. The average molecular weight is 478 g/mol. The van der Waals surface area contributed by atoms with E-state index in [0.717, 1.165) is 16.6 Å². The van der Waals surface area contributed by atoms with Crippen molar-refractivity contribution in [2.75, 3.05) is 12.8 Å². The molecule has 2 heterocycles. The van der Waals surface area contributed by atoms with Crippen molar-refractivity contribution >= 4 is 33.5 Å². The molecule has 3 aromatic rings. The number of nitrogens with one attached hydrogen (secondary N) is 1. The second-order valence-electron chi connectivity index (χ2n) is 9.37. The van der Waals surface area contributed by atoms with Gasteiger partial charge in [0.05, 0.1) is 18.1 Å². The molecule has 0 bridgehead atoms. The van der Waals surface area contributed by atoms with Gasteiger partial charge in [-0.25, -0.2) is 23.1 Å². The Kier molecular flexibility index (Phi) is 7.39. The van der Waals surface area contributed by atoms with E-state index in [0.29, 0.717) is 11.5 Å². The SMILES string of the molecule is COc1ncc(-c2ccc3nc(N)n(C(C)(C)C)c3c2)cc1S(=O)(=O)NC(C)(C)C.O=CO. The number of fused-ring (bicyclic) bond motifs is 1. The number of pyridine rings is 1. The number of nitrogens with zero attached hydrogens (tertiary/aromatic N) is 3. The summed E-state index contributed by atoms with van der Waals surface area (Å²) in [6.45, 7) is 11.2. The first-order valence-corrected chi connectivity index (χ1v) is 11.6. The number of hydrogen-bond donors (Lipinski definition) is 3. The minimum absolute atomic E-state index is 0.0126. The lowest BCUT2D eigenvalue weighted by molar-refractivity contribution is -0.122. The molecule has 0 aliphatic heterocycles. The molecule has 0 amide bonds. The lowest BCUT2D eigenvalue weighted by Crippen LogP contribution is -2.40. The van der Waals surface area contributed by atoms with Crippen molar-refractivity contribution in [3.63, 3.8) is 0 Å². The number of hydrogen-bond acceptors (Lipinski definition) is 7.